The zero-order valence-corrected chi connectivity index (χ0v) is 22.3. The molecular formula is C27H34O15. The smallest absolute Gasteiger partial charge is 0.187 e. The molecule has 15 nitrogen and oxygen atoms in total. The molecule has 42 heavy (non-hydrogen) atoms. The number of rotatable bonds is 7. The van der Waals surface area contributed by atoms with Crippen LogP contribution in [0.3, 0.4) is 0 Å². The average Bonchev–Trinajstić information content (AvgIpc) is 2.97. The Bertz CT molecular complexity index is 1240. The number of benzene rings is 2. The van der Waals surface area contributed by atoms with E-state index in [0.29, 0.717) is 5.56 Å². The highest BCUT2D eigenvalue weighted by molar-refractivity contribution is 5.52. The molecule has 2 aromatic carbocycles. The third-order valence-corrected chi connectivity index (χ3v) is 7.58. The lowest BCUT2D eigenvalue weighted by Gasteiger charge is -2.46. The number of aliphatic hydroxyl groups is 6. The third-order valence-electron chi connectivity index (χ3n) is 7.58. The van der Waals surface area contributed by atoms with Crippen LogP contribution in [0.4, 0.5) is 0 Å². The van der Waals surface area contributed by atoms with Crippen molar-refractivity contribution in [3.8, 4) is 28.7 Å². The van der Waals surface area contributed by atoms with Crippen LogP contribution >= 0.6 is 0 Å². The van der Waals surface area contributed by atoms with Gasteiger partial charge in [0, 0.05) is 24.1 Å². The average molecular weight is 599 g/mol. The lowest BCUT2D eigenvalue weighted by Crippen LogP contribution is -2.63. The number of hydrogen-bond donors (Lipinski definition) is 9. The Hall–Kier alpha value is -2.96. The third kappa shape index (κ3) is 5.80. The molecule has 232 valence electrons. The first kappa shape index (κ1) is 30.5. The van der Waals surface area contributed by atoms with Crippen LogP contribution in [0.15, 0.2) is 30.3 Å². The summed E-state index contributed by atoms with van der Waals surface area (Å²) in [4.78, 5) is 0. The fraction of sp³-hybridized carbons (Fsp3) is 0.556. The number of fused-ring (bicyclic) bond motifs is 1. The number of methoxy groups -OCH3 is 1. The Morgan fingerprint density at radius 3 is 2.33 bits per heavy atom. The molecule has 5 rings (SSSR count). The highest BCUT2D eigenvalue weighted by atomic mass is 16.8. The molecule has 5 unspecified atom stereocenters. The summed E-state index contributed by atoms with van der Waals surface area (Å²) in [6.45, 7) is -1.11. The molecule has 0 spiro atoms. The van der Waals surface area contributed by atoms with Crippen LogP contribution in [0.2, 0.25) is 0 Å². The molecule has 2 aromatic rings. The molecule has 0 aromatic heterocycles. The molecular weight excluding hydrogens is 564 g/mol. The van der Waals surface area contributed by atoms with Crippen molar-refractivity contribution >= 4 is 0 Å². The van der Waals surface area contributed by atoms with Crippen LogP contribution < -0.4 is 9.47 Å². The van der Waals surface area contributed by atoms with E-state index in [1.54, 1.807) is 0 Å². The number of aromatic hydroxyl groups is 3. The molecule has 3 aliphatic rings. The van der Waals surface area contributed by atoms with E-state index in [4.69, 9.17) is 28.4 Å². The van der Waals surface area contributed by atoms with Gasteiger partial charge in [0.1, 0.15) is 66.1 Å². The Kier molecular flexibility index (Phi) is 8.96. The van der Waals surface area contributed by atoms with Crippen molar-refractivity contribution in [2.75, 3.05) is 20.3 Å². The molecule has 3 heterocycles. The molecule has 0 saturated carbocycles. The summed E-state index contributed by atoms with van der Waals surface area (Å²) >= 11 is 0. The van der Waals surface area contributed by atoms with Crippen LogP contribution in [0.25, 0.3) is 0 Å². The van der Waals surface area contributed by atoms with Crippen LogP contribution in [0.1, 0.15) is 17.2 Å². The first-order valence-corrected chi connectivity index (χ1v) is 13.2. The van der Waals surface area contributed by atoms with Crippen molar-refractivity contribution in [3.05, 3.63) is 41.5 Å². The topological polar surface area (TPSA) is 237 Å². The molecule has 0 aliphatic carbocycles. The van der Waals surface area contributed by atoms with Crippen molar-refractivity contribution in [2.24, 2.45) is 0 Å². The van der Waals surface area contributed by atoms with Crippen LogP contribution in [-0.4, -0.2) is 128 Å². The van der Waals surface area contributed by atoms with Crippen molar-refractivity contribution < 1.29 is 74.4 Å². The SMILES string of the molecule is COc1cc(C2Oc3cc(O)cc(O)c3CC2O[C@H]2OC(CO)[C@H](O)[C@H](O)C2O[C@@H]2OC[C@@H](O)[C@H](O)C2O)ccc1O. The zero-order chi connectivity index (χ0) is 30.3. The maximum atomic E-state index is 10.9. The van der Waals surface area contributed by atoms with Gasteiger partial charge in [0.05, 0.1) is 20.3 Å². The minimum absolute atomic E-state index is 0.0300. The van der Waals surface area contributed by atoms with Gasteiger partial charge in [-0.05, 0) is 17.7 Å². The quantitative estimate of drug-likeness (QED) is 0.170. The number of aliphatic hydroxyl groups excluding tert-OH is 6. The second-order valence-corrected chi connectivity index (χ2v) is 10.3. The summed E-state index contributed by atoms with van der Waals surface area (Å²) in [5.41, 5.74) is 0.717. The van der Waals surface area contributed by atoms with E-state index in [1.165, 1.54) is 31.4 Å². The monoisotopic (exact) mass is 598 g/mol. The molecule has 2 saturated heterocycles. The standard InChI is InChI=1S/C27H34O15/c1-37-17-4-10(2-3-13(17)30)24-18(7-12-14(31)5-11(29)6-16(12)39-24)40-27-25(22(35)21(34)19(8-28)41-27)42-26-23(36)20(33)15(32)9-38-26/h2-6,15,18-36H,7-9H2,1H3/t15-,18?,19?,20+,21+,22+,23?,24?,25?,26+,27+/m1/s1. The van der Waals surface area contributed by atoms with Gasteiger partial charge in [0.25, 0.3) is 0 Å². The number of phenolic OH excluding ortho intramolecular Hbond substituents is 3. The molecule has 0 bridgehead atoms. The first-order chi connectivity index (χ1) is 20.0. The lowest BCUT2D eigenvalue weighted by atomic mass is 9.93. The largest absolute Gasteiger partial charge is 0.508 e. The Morgan fingerprint density at radius 1 is 0.857 bits per heavy atom. The second kappa shape index (κ2) is 12.3. The van der Waals surface area contributed by atoms with E-state index in [2.05, 4.69) is 0 Å². The van der Waals surface area contributed by atoms with Gasteiger partial charge in [-0.25, -0.2) is 0 Å². The van der Waals surface area contributed by atoms with Crippen molar-refractivity contribution in [3.63, 3.8) is 0 Å². The first-order valence-electron chi connectivity index (χ1n) is 13.2. The summed E-state index contributed by atoms with van der Waals surface area (Å²) in [6.07, 6.45) is -16.2. The molecule has 2 fully saturated rings. The van der Waals surface area contributed by atoms with Gasteiger partial charge in [0.2, 0.25) is 0 Å². The summed E-state index contributed by atoms with van der Waals surface area (Å²) < 4.78 is 34.4. The number of phenols is 3. The van der Waals surface area contributed by atoms with Gasteiger partial charge in [-0.1, -0.05) is 6.07 Å². The fourth-order valence-corrected chi connectivity index (χ4v) is 5.26. The van der Waals surface area contributed by atoms with E-state index in [-0.39, 0.29) is 40.7 Å². The molecule has 9 N–H and O–H groups in total. The summed E-state index contributed by atoms with van der Waals surface area (Å²) in [7, 11) is 1.36. The second-order valence-electron chi connectivity index (χ2n) is 10.3. The maximum absolute atomic E-state index is 10.9. The maximum Gasteiger partial charge on any atom is 0.187 e. The Morgan fingerprint density at radius 2 is 1.62 bits per heavy atom. The van der Waals surface area contributed by atoms with Gasteiger partial charge in [-0.15, -0.1) is 0 Å². The van der Waals surface area contributed by atoms with E-state index in [1.807, 2.05) is 0 Å². The van der Waals surface area contributed by atoms with Gasteiger partial charge >= 0.3 is 0 Å². The molecule has 0 radical (unpaired) electrons. The predicted octanol–water partition coefficient (Wildman–Crippen LogP) is -1.86. The summed E-state index contributed by atoms with van der Waals surface area (Å²) in [6, 6.07) is 6.83. The minimum atomic E-state index is -1.74. The number of ether oxygens (including phenoxy) is 6. The molecule has 3 aliphatic heterocycles. The van der Waals surface area contributed by atoms with Crippen molar-refractivity contribution in [1.82, 2.24) is 0 Å². The van der Waals surface area contributed by atoms with Gasteiger partial charge in [-0.2, -0.15) is 0 Å². The molecule has 0 amide bonds. The minimum Gasteiger partial charge on any atom is -0.508 e. The van der Waals surface area contributed by atoms with Gasteiger partial charge in [-0.3, -0.25) is 0 Å². The molecule has 11 atom stereocenters. The van der Waals surface area contributed by atoms with E-state index < -0.39 is 80.7 Å². The summed E-state index contributed by atoms with van der Waals surface area (Å²) in [5.74, 6) is -0.407. The zero-order valence-electron chi connectivity index (χ0n) is 22.3. The summed E-state index contributed by atoms with van der Waals surface area (Å²) in [5, 5.41) is 92.2. The van der Waals surface area contributed by atoms with Gasteiger partial charge < -0.3 is 74.4 Å². The fourth-order valence-electron chi connectivity index (χ4n) is 5.26. The van der Waals surface area contributed by atoms with Crippen molar-refractivity contribution in [2.45, 2.75) is 73.9 Å². The Balaban J connectivity index is 1.49. The highest BCUT2D eigenvalue weighted by Crippen LogP contribution is 2.45. The van der Waals surface area contributed by atoms with E-state index in [0.717, 1.165) is 6.07 Å². The predicted molar refractivity (Wildman–Crippen MR) is 137 cm³/mol. The number of hydrogen-bond acceptors (Lipinski definition) is 15. The van der Waals surface area contributed by atoms with Crippen LogP contribution in [-0.2, 0) is 25.4 Å². The molecule has 15 heteroatoms. The van der Waals surface area contributed by atoms with E-state index >= 15 is 0 Å². The normalized spacial score (nSPS) is 36.6. The van der Waals surface area contributed by atoms with Crippen molar-refractivity contribution in [1.29, 1.82) is 0 Å². The highest BCUT2D eigenvalue weighted by Gasteiger charge is 2.51. The Labute approximate surface area is 239 Å². The van der Waals surface area contributed by atoms with E-state index in [9.17, 15) is 46.0 Å². The van der Waals surface area contributed by atoms with Gasteiger partial charge in [0.15, 0.2) is 30.2 Å². The van der Waals surface area contributed by atoms with Crippen LogP contribution in [0.5, 0.6) is 28.7 Å². The lowest BCUT2D eigenvalue weighted by molar-refractivity contribution is -0.364. The van der Waals surface area contributed by atoms with Crippen LogP contribution in [0, 0.1) is 0 Å².